The van der Waals surface area contributed by atoms with Crippen molar-refractivity contribution in [2.75, 3.05) is 5.32 Å². The summed E-state index contributed by atoms with van der Waals surface area (Å²) >= 11 is 3.11. The van der Waals surface area contributed by atoms with Gasteiger partial charge >= 0.3 is 0 Å². The second kappa shape index (κ2) is 5.76. The lowest BCUT2D eigenvalue weighted by Gasteiger charge is -2.21. The lowest BCUT2D eigenvalue weighted by molar-refractivity contribution is 0.576. The van der Waals surface area contributed by atoms with Crippen molar-refractivity contribution in [1.29, 1.82) is 0 Å². The molecular formula is C17H16BrF2N. The van der Waals surface area contributed by atoms with Crippen molar-refractivity contribution in [3.8, 4) is 0 Å². The van der Waals surface area contributed by atoms with E-state index < -0.39 is 11.6 Å². The zero-order valence-corrected chi connectivity index (χ0v) is 13.3. The van der Waals surface area contributed by atoms with Crippen LogP contribution in [0.5, 0.6) is 0 Å². The first-order valence-corrected chi connectivity index (χ1v) is 7.81. The number of rotatable bonds is 4. The molecule has 0 spiro atoms. The second-order valence-electron chi connectivity index (χ2n) is 5.62. The highest BCUT2D eigenvalue weighted by Crippen LogP contribution is 2.43. The predicted molar refractivity (Wildman–Crippen MR) is 84.3 cm³/mol. The van der Waals surface area contributed by atoms with Crippen molar-refractivity contribution < 1.29 is 8.78 Å². The molecule has 1 aliphatic carbocycles. The molecule has 1 N–H and O–H groups in total. The van der Waals surface area contributed by atoms with E-state index in [4.69, 9.17) is 0 Å². The summed E-state index contributed by atoms with van der Waals surface area (Å²) in [6.07, 6.45) is 2.27. The fraction of sp³-hybridized carbons (Fsp3) is 0.294. The van der Waals surface area contributed by atoms with E-state index >= 15 is 0 Å². The van der Waals surface area contributed by atoms with Gasteiger partial charge in [0.15, 0.2) is 0 Å². The topological polar surface area (TPSA) is 12.0 Å². The Morgan fingerprint density at radius 1 is 1.10 bits per heavy atom. The van der Waals surface area contributed by atoms with Gasteiger partial charge in [-0.05, 0) is 53.2 Å². The van der Waals surface area contributed by atoms with Gasteiger partial charge in [-0.2, -0.15) is 0 Å². The van der Waals surface area contributed by atoms with Gasteiger partial charge in [-0.3, -0.25) is 0 Å². The number of anilines is 1. The van der Waals surface area contributed by atoms with Gasteiger partial charge in [-0.25, -0.2) is 8.78 Å². The van der Waals surface area contributed by atoms with E-state index in [0.717, 1.165) is 24.5 Å². The van der Waals surface area contributed by atoms with Gasteiger partial charge in [0, 0.05) is 6.07 Å². The van der Waals surface area contributed by atoms with Gasteiger partial charge in [0.25, 0.3) is 0 Å². The third kappa shape index (κ3) is 3.26. The van der Waals surface area contributed by atoms with E-state index in [0.29, 0.717) is 11.6 Å². The van der Waals surface area contributed by atoms with Crippen LogP contribution in [0.2, 0.25) is 0 Å². The summed E-state index contributed by atoms with van der Waals surface area (Å²) in [6, 6.07) is 10.7. The van der Waals surface area contributed by atoms with E-state index in [1.54, 1.807) is 0 Å². The van der Waals surface area contributed by atoms with Crippen LogP contribution in [0.15, 0.2) is 40.9 Å². The Kier molecular flexibility index (Phi) is 3.98. The Bertz CT molecular complexity index is 651. The molecule has 1 aliphatic rings. The molecule has 0 bridgehead atoms. The van der Waals surface area contributed by atoms with E-state index in [1.807, 2.05) is 6.92 Å². The molecule has 0 radical (unpaired) electrons. The van der Waals surface area contributed by atoms with E-state index in [1.165, 1.54) is 11.6 Å². The minimum absolute atomic E-state index is 0.0671. The normalized spacial score (nSPS) is 15.8. The fourth-order valence-electron chi connectivity index (χ4n) is 2.48. The van der Waals surface area contributed by atoms with Gasteiger partial charge in [-0.1, -0.05) is 29.8 Å². The van der Waals surface area contributed by atoms with Crippen LogP contribution < -0.4 is 5.32 Å². The molecule has 1 unspecified atom stereocenters. The van der Waals surface area contributed by atoms with Crippen LogP contribution in [0.3, 0.4) is 0 Å². The van der Waals surface area contributed by atoms with Gasteiger partial charge in [0.2, 0.25) is 0 Å². The minimum atomic E-state index is -0.587. The van der Waals surface area contributed by atoms with Crippen molar-refractivity contribution in [3.63, 3.8) is 0 Å². The molecule has 3 rings (SSSR count). The zero-order valence-electron chi connectivity index (χ0n) is 11.7. The van der Waals surface area contributed by atoms with Crippen LogP contribution in [0.1, 0.15) is 30.0 Å². The largest absolute Gasteiger partial charge is 0.376 e. The number of hydrogen-bond donors (Lipinski definition) is 1. The molecule has 110 valence electrons. The molecular weight excluding hydrogens is 336 g/mol. The maximum Gasteiger partial charge on any atom is 0.149 e. The monoisotopic (exact) mass is 351 g/mol. The van der Waals surface area contributed by atoms with Crippen molar-refractivity contribution in [3.05, 3.63) is 63.6 Å². The van der Waals surface area contributed by atoms with Crippen LogP contribution in [0.4, 0.5) is 14.5 Å². The molecule has 21 heavy (non-hydrogen) atoms. The first kappa shape index (κ1) is 14.5. The van der Waals surface area contributed by atoms with Gasteiger partial charge < -0.3 is 5.32 Å². The quantitative estimate of drug-likeness (QED) is 0.707. The highest BCUT2D eigenvalue weighted by atomic mass is 79.9. The summed E-state index contributed by atoms with van der Waals surface area (Å²) < 4.78 is 27.5. The molecule has 1 saturated carbocycles. The summed E-state index contributed by atoms with van der Waals surface area (Å²) in [6.45, 7) is 2.04. The summed E-state index contributed by atoms with van der Waals surface area (Å²) in [7, 11) is 0. The maximum atomic E-state index is 13.9. The molecule has 0 heterocycles. The summed E-state index contributed by atoms with van der Waals surface area (Å²) in [5.41, 5.74) is 2.67. The second-order valence-corrected chi connectivity index (χ2v) is 6.47. The number of nitrogens with one attached hydrogen (secondary N) is 1. The standard InChI is InChI=1S/C17H16BrF2N/c1-10-2-4-11(5-3-10)17(12-6-7-12)21-16-8-13(18)14(19)9-15(16)20/h2-5,8-9,12,17,21H,6-7H2,1H3. The first-order valence-electron chi connectivity index (χ1n) is 7.02. The molecule has 1 nitrogen and oxygen atoms in total. The van der Waals surface area contributed by atoms with Gasteiger partial charge in [0.05, 0.1) is 16.2 Å². The van der Waals surface area contributed by atoms with Crippen LogP contribution in [-0.2, 0) is 0 Å². The molecule has 2 aromatic rings. The number of aryl methyl sites for hydroxylation is 1. The molecule has 0 amide bonds. The zero-order chi connectivity index (χ0) is 15.0. The number of hydrogen-bond acceptors (Lipinski definition) is 1. The number of benzene rings is 2. The summed E-state index contributed by atoms with van der Waals surface area (Å²) in [5.74, 6) is -0.638. The molecule has 1 atom stereocenters. The Hall–Kier alpha value is -1.42. The minimum Gasteiger partial charge on any atom is -0.376 e. The highest BCUT2D eigenvalue weighted by Gasteiger charge is 2.32. The van der Waals surface area contributed by atoms with Crippen molar-refractivity contribution in [2.24, 2.45) is 5.92 Å². The van der Waals surface area contributed by atoms with Crippen LogP contribution in [0.25, 0.3) is 0 Å². The van der Waals surface area contributed by atoms with Gasteiger partial charge in [0.1, 0.15) is 11.6 Å². The van der Waals surface area contributed by atoms with E-state index in [-0.39, 0.29) is 10.5 Å². The Morgan fingerprint density at radius 3 is 2.38 bits per heavy atom. The van der Waals surface area contributed by atoms with Crippen molar-refractivity contribution in [1.82, 2.24) is 0 Å². The van der Waals surface area contributed by atoms with Crippen LogP contribution in [0, 0.1) is 24.5 Å². The Balaban J connectivity index is 1.89. The first-order chi connectivity index (χ1) is 10.0. The third-order valence-corrected chi connectivity index (χ3v) is 4.46. The maximum absolute atomic E-state index is 13.9. The van der Waals surface area contributed by atoms with Crippen LogP contribution in [-0.4, -0.2) is 0 Å². The number of halogens is 3. The van der Waals surface area contributed by atoms with Gasteiger partial charge in [-0.15, -0.1) is 0 Å². The fourth-order valence-corrected chi connectivity index (χ4v) is 2.82. The predicted octanol–water partition coefficient (Wildman–Crippen LogP) is 5.60. The van der Waals surface area contributed by atoms with Crippen molar-refractivity contribution in [2.45, 2.75) is 25.8 Å². The van der Waals surface area contributed by atoms with Crippen molar-refractivity contribution >= 4 is 21.6 Å². The summed E-state index contributed by atoms with van der Waals surface area (Å²) in [5, 5.41) is 3.24. The molecule has 4 heteroatoms. The van der Waals surface area contributed by atoms with E-state index in [2.05, 4.69) is 45.5 Å². The highest BCUT2D eigenvalue weighted by molar-refractivity contribution is 9.10. The molecule has 0 aromatic heterocycles. The third-order valence-electron chi connectivity index (χ3n) is 3.85. The summed E-state index contributed by atoms with van der Waals surface area (Å²) in [4.78, 5) is 0. The average molecular weight is 352 g/mol. The average Bonchev–Trinajstić information content (AvgIpc) is 3.27. The smallest absolute Gasteiger partial charge is 0.149 e. The Labute approximate surface area is 131 Å². The lowest BCUT2D eigenvalue weighted by Crippen LogP contribution is -2.14. The lowest BCUT2D eigenvalue weighted by atomic mass is 10.0. The van der Waals surface area contributed by atoms with Crippen LogP contribution >= 0.6 is 15.9 Å². The molecule has 0 saturated heterocycles. The molecule has 0 aliphatic heterocycles. The SMILES string of the molecule is Cc1ccc(C(Nc2cc(Br)c(F)cc2F)C2CC2)cc1. The molecule has 1 fully saturated rings. The van der Waals surface area contributed by atoms with E-state index in [9.17, 15) is 8.78 Å². The Morgan fingerprint density at radius 2 is 1.76 bits per heavy atom. The molecule has 2 aromatic carbocycles.